The summed E-state index contributed by atoms with van der Waals surface area (Å²) in [7, 11) is 2.50. The van der Waals surface area contributed by atoms with Crippen molar-refractivity contribution in [1.82, 2.24) is 15.5 Å². The lowest BCUT2D eigenvalue weighted by molar-refractivity contribution is -0.177. The van der Waals surface area contributed by atoms with Crippen LogP contribution < -0.4 is 5.32 Å². The number of rotatable bonds is 8. The fourth-order valence-corrected chi connectivity index (χ4v) is 31.7. The second-order valence-electron chi connectivity index (χ2n) is 47.4. The van der Waals surface area contributed by atoms with E-state index in [1.54, 1.807) is 0 Å². The number of fused-ring (bicyclic) bond motifs is 21. The zero-order valence-electron chi connectivity index (χ0n) is 79.6. The van der Waals surface area contributed by atoms with E-state index in [0.29, 0.717) is 18.2 Å². The molecule has 0 bridgehead atoms. The molecule has 0 radical (unpaired) electrons. The quantitative estimate of drug-likeness (QED) is 0.231. The van der Waals surface area contributed by atoms with Gasteiger partial charge in [-0.2, -0.15) is 0 Å². The van der Waals surface area contributed by atoms with Gasteiger partial charge in [-0.1, -0.05) is 195 Å². The van der Waals surface area contributed by atoms with E-state index in [4.69, 9.17) is 26.9 Å². The van der Waals surface area contributed by atoms with Crippen LogP contribution in [0.1, 0.15) is 329 Å². The minimum absolute atomic E-state index is 0.0203. The molecule has 0 saturated heterocycles. The summed E-state index contributed by atoms with van der Waals surface area (Å²) in [4.78, 5) is 131. The molecule has 1 aromatic heterocycles. The Kier molecular flexibility index (Phi) is 21.6. The Morgan fingerprint density at radius 3 is 1.06 bits per heavy atom. The van der Waals surface area contributed by atoms with Crippen LogP contribution in [0.2, 0.25) is 0 Å². The lowest BCUT2D eigenvalue weighted by atomic mass is 9.34. The Morgan fingerprint density at radius 2 is 0.758 bits per heavy atom. The Balaban J connectivity index is 0.000000164. The number of nitrogens with zero attached hydrogens (tertiary/aromatic N) is 5. The number of aromatic nitrogens is 2. The lowest BCUT2D eigenvalue weighted by Crippen LogP contribution is -2.65. The van der Waals surface area contributed by atoms with Crippen LogP contribution in [0.15, 0.2) is 74.7 Å². The minimum atomic E-state index is -0.752. The van der Waals surface area contributed by atoms with Gasteiger partial charge in [0.05, 0.1) is 32.7 Å². The molecule has 15 aliphatic rings. The monoisotopic (exact) mass is 1650 g/mol. The van der Waals surface area contributed by atoms with Crippen LogP contribution in [0.4, 0.5) is 0 Å². The molecule has 0 spiro atoms. The maximum absolute atomic E-state index is 14.6. The molecule has 17 nitrogen and oxygen atoms in total. The third kappa shape index (κ3) is 13.1. The molecular formula is C103H144N6O11. The van der Waals surface area contributed by atoms with Gasteiger partial charge in [0.1, 0.15) is 5.78 Å². The second kappa shape index (κ2) is 29.1. The topological polar surface area (TPSA) is 238 Å². The van der Waals surface area contributed by atoms with E-state index >= 15 is 0 Å². The van der Waals surface area contributed by atoms with E-state index in [9.17, 15) is 48.3 Å². The van der Waals surface area contributed by atoms with Crippen molar-refractivity contribution in [3.63, 3.8) is 0 Å². The summed E-state index contributed by atoms with van der Waals surface area (Å²) >= 11 is 0. The largest absolute Gasteiger partial charge is 0.481 e. The Morgan fingerprint density at radius 1 is 0.458 bits per heavy atom. The predicted molar refractivity (Wildman–Crippen MR) is 466 cm³/mol. The van der Waals surface area contributed by atoms with Crippen molar-refractivity contribution >= 4 is 52.4 Å². The van der Waals surface area contributed by atoms with Crippen molar-refractivity contribution in [2.24, 2.45) is 151 Å². The molecule has 0 aliphatic heterocycles. The Bertz CT molecular complexity index is 4900. The molecule has 15 aliphatic carbocycles. The fourth-order valence-electron chi connectivity index (χ4n) is 31.7. The predicted octanol–water partition coefficient (Wildman–Crippen LogP) is 22.5. The summed E-state index contributed by atoms with van der Waals surface area (Å²) in [6.45, 7) is 73.0. The molecular weight excluding hydrogens is 1500 g/mol. The highest BCUT2D eigenvalue weighted by Crippen LogP contribution is 2.80. The summed E-state index contributed by atoms with van der Waals surface area (Å²) in [5.74, 6) is 0.794. The molecule has 21 atom stereocenters. The standard InChI is InChI=1S/C35H48N2O4.C34H45N3O3.C32H43NO4.2CH4/c1-21(38)20-37-27(40)19-35-14-12-30(2,3)17-22(35)28-24(39)16-26-32(6)18-23(36-9)29(41)31(4,5)25(32)10-11-33(26,7)34(28,8)13-15-35;1-20-36-37-26(40-20)19-34-14-12-29(2,3)17-21(34)27-23(38)16-25-31(6)18-22(35-9)28(39)30(4,5)24(31)10-11-32(25,7)33(27,8)13-15-34;1-27(2)11-13-32(18-24(35)36)14-12-31(7)25(19(32)16-27)21(34)15-23-29(5)17-20(33-8)26(37)28(3,4)22(29)9-10-30(23,31)6;;/h16,18,22,25,28H,10-15,17,19-20H2,1-8H3,(H,37,40);16,18,21,24,27H,10-15,17,19H2,1-8H3;15,17,19,22,25H,9-14,16,18H2,1-7H3,(H,35,36);2*1H4/t22-,25-,28-,32-,33+,34+,35+;21-,24-,27-,31-,32+,33+,34+;19-,22-,25-,29-,30+,31+,32+;;/m000../s1/i;;;2*1T. The molecule has 0 unspecified atom stereocenters. The number of carboxylic acid groups (broad SMARTS) is 1. The summed E-state index contributed by atoms with van der Waals surface area (Å²) in [5, 5.41) is 21.3. The van der Waals surface area contributed by atoms with Gasteiger partial charge in [0.2, 0.25) is 34.8 Å². The van der Waals surface area contributed by atoms with Crippen LogP contribution in [0, 0.1) is 177 Å². The van der Waals surface area contributed by atoms with E-state index in [2.05, 4.69) is 134 Å². The number of nitrogens with one attached hydrogen (secondary N) is 1. The molecule has 17 heteroatoms. The Labute approximate surface area is 721 Å². The number of amides is 1. The van der Waals surface area contributed by atoms with Gasteiger partial charge >= 0.3 is 5.97 Å². The molecule has 0 aromatic carbocycles. The summed E-state index contributed by atoms with van der Waals surface area (Å²) in [6.07, 6.45) is 32.5. The van der Waals surface area contributed by atoms with Crippen molar-refractivity contribution in [3.8, 4) is 0 Å². The third-order valence-corrected chi connectivity index (χ3v) is 38.7. The maximum Gasteiger partial charge on any atom is 0.303 e. The number of Topliss-reactive ketones (excluding diaryl/α,β-unsaturated/α-hetero) is 4. The molecule has 1 amide bonds. The zero-order chi connectivity index (χ0) is 90.9. The van der Waals surface area contributed by atoms with Gasteiger partial charge in [0, 0.05) is 72.8 Å². The van der Waals surface area contributed by atoms with Crippen molar-refractivity contribution in [3.05, 3.63) is 116 Å². The van der Waals surface area contributed by atoms with Gasteiger partial charge in [-0.3, -0.25) is 28.8 Å². The van der Waals surface area contributed by atoms with E-state index in [1.165, 1.54) is 21.7 Å². The van der Waals surface area contributed by atoms with E-state index in [-0.39, 0.29) is 195 Å². The minimum Gasteiger partial charge on any atom is -0.481 e. The molecule has 9 saturated carbocycles. The number of carbonyl (C=O) groups is 9. The highest BCUT2D eigenvalue weighted by molar-refractivity contribution is 6.05. The first kappa shape index (κ1) is 89.0. The number of ketones is 7. The summed E-state index contributed by atoms with van der Waals surface area (Å²) in [6, 6.07) is 0. The van der Waals surface area contributed by atoms with Crippen molar-refractivity contribution in [2.45, 2.75) is 328 Å². The number of allylic oxidation sites excluding steroid dienone is 12. The number of aliphatic carboxylic acids is 1. The van der Waals surface area contributed by atoms with Crippen molar-refractivity contribution in [1.29, 1.82) is 0 Å². The first-order valence-electron chi connectivity index (χ1n) is 46.9. The number of aryl methyl sites for hydroxylation is 1. The average Bonchev–Trinajstić information content (AvgIpc) is 0.681. The van der Waals surface area contributed by atoms with Gasteiger partial charge in [-0.25, -0.2) is 14.5 Å². The zero-order valence-corrected chi connectivity index (χ0v) is 77.6. The number of carbonyl (C=O) groups excluding carboxylic acids is 8. The molecule has 652 valence electrons. The second-order valence-corrected chi connectivity index (χ2v) is 47.4. The van der Waals surface area contributed by atoms with E-state index in [0.717, 1.165) is 158 Å². The van der Waals surface area contributed by atoms with E-state index < -0.39 is 38.5 Å². The number of carboxylic acids is 1. The van der Waals surface area contributed by atoms with Crippen LogP contribution in [0.5, 0.6) is 0 Å². The molecule has 120 heavy (non-hydrogen) atoms. The Hall–Kier alpha value is -7.32. The first-order valence-corrected chi connectivity index (χ1v) is 44.9. The van der Waals surface area contributed by atoms with E-state index in [1.807, 2.05) is 84.9 Å². The molecule has 16 rings (SSSR count). The van der Waals surface area contributed by atoms with Crippen LogP contribution in [-0.4, -0.2) is 74.2 Å². The summed E-state index contributed by atoms with van der Waals surface area (Å²) in [5.41, 5.74) is -1.28. The number of hydrogen-bond acceptors (Lipinski definition) is 12. The number of hydrogen-bond donors (Lipinski definition) is 2. The van der Waals surface area contributed by atoms with Crippen LogP contribution in [0.3, 0.4) is 0 Å². The fraction of sp³-hybridized carbons (Fsp3) is 0.748. The van der Waals surface area contributed by atoms with Crippen LogP contribution >= 0.6 is 0 Å². The van der Waals surface area contributed by atoms with Crippen LogP contribution in [0.25, 0.3) is 14.5 Å². The highest BCUT2D eigenvalue weighted by Gasteiger charge is 2.75. The average molecular weight is 1650 g/mol. The van der Waals surface area contributed by atoms with Crippen molar-refractivity contribution < 1.29 is 55.4 Å². The van der Waals surface area contributed by atoms with Gasteiger partial charge in [-0.05, 0) is 260 Å². The molecule has 1 heterocycles. The van der Waals surface area contributed by atoms with Gasteiger partial charge in [0.25, 0.3) is 0 Å². The van der Waals surface area contributed by atoms with Gasteiger partial charge < -0.3 is 29.2 Å². The highest BCUT2D eigenvalue weighted by atomic mass is 16.4. The first-order chi connectivity index (χ1) is 56.4. The maximum atomic E-state index is 14.6. The van der Waals surface area contributed by atoms with Gasteiger partial charge in [-0.15, -0.1) is 10.2 Å². The lowest BCUT2D eigenvalue weighted by Gasteiger charge is -2.69. The normalized spacial score (nSPS) is 43.1. The van der Waals surface area contributed by atoms with Crippen LogP contribution in [-0.2, 0) is 49.6 Å². The molecule has 2 N–H and O–H groups in total. The molecule has 1 aromatic rings. The smallest absolute Gasteiger partial charge is 0.303 e. The SMILES string of the molecule is [3H]C.[3H]C.[C-]#[N+]C1=C[C@]2(C)C3=CC(=O)[C@@H]4[C@@H]5CC(C)(C)CC[C@]5(CC(=O)NCC(C)=O)CC[C@@]4(C)[C@]3(C)CC[C@H]2C(C)(C)C1=O.[C-]#[N+]C1=C[C@]2(C)C3=CC(=O)[C@@H]4[C@@H]5CC(C)(C)CC[C@]5(CC(=O)O)CC[C@@]4(C)[C@]3(C)CC[C@H]2C(C)(C)C1=O.[C-]#[N+]C1=C[C@]2(C)C3=CC(=O)[C@@H]4[C@@H]5CC(C)(C)CC[C@]5(Cc5nnc(C)o5)CC[C@@]4(C)[C@]3(C)CC[C@H]2C(C)(C)C1=O. The molecule has 9 fully saturated rings. The van der Waals surface area contributed by atoms with Crippen molar-refractivity contribution in [2.75, 3.05) is 6.54 Å². The van der Waals surface area contributed by atoms with Gasteiger partial charge in [0.15, 0.2) is 34.7 Å². The third-order valence-electron chi connectivity index (χ3n) is 38.7. The summed E-state index contributed by atoms with van der Waals surface area (Å²) < 4.78 is 17.4.